The molecule has 0 bridgehead atoms. The predicted octanol–water partition coefficient (Wildman–Crippen LogP) is 3.57. The van der Waals surface area contributed by atoms with Crippen molar-refractivity contribution in [1.29, 1.82) is 0 Å². The number of aromatic nitrogens is 2. The fourth-order valence-electron chi connectivity index (χ4n) is 4.00. The number of aryl methyl sites for hydroxylation is 1. The van der Waals surface area contributed by atoms with Crippen LogP contribution in [-0.4, -0.2) is 40.0 Å². The van der Waals surface area contributed by atoms with E-state index in [0.717, 1.165) is 35.0 Å². The number of hydrogen-bond donors (Lipinski definition) is 3. The van der Waals surface area contributed by atoms with Gasteiger partial charge in [0.1, 0.15) is 11.4 Å². The minimum Gasteiger partial charge on any atom is -0.496 e. The van der Waals surface area contributed by atoms with Crippen LogP contribution in [0.5, 0.6) is 5.75 Å². The quantitative estimate of drug-likeness (QED) is 0.574. The molecule has 7 heteroatoms. The van der Waals surface area contributed by atoms with Gasteiger partial charge in [0.2, 0.25) is 0 Å². The van der Waals surface area contributed by atoms with Gasteiger partial charge in [0, 0.05) is 28.9 Å². The highest BCUT2D eigenvalue weighted by atomic mass is 32.1. The number of methoxy groups -OCH3 is 1. The number of fused-ring (bicyclic) bond motifs is 1. The van der Waals surface area contributed by atoms with Crippen molar-refractivity contribution < 1.29 is 14.6 Å². The lowest BCUT2D eigenvalue weighted by Crippen LogP contribution is -2.38. The standard InChI is InChI=1S/C22H25N3O3S/c1-25-18-6-4-3-5-15(18)21(24-25)17-11-19(28-2)16(12-20(17)29)22(27)23-13-7-9-14(26)10-8-13/h3-6,11-14,26,29H,7-10H2,1-2H3,(H,23,27). The van der Waals surface area contributed by atoms with Crippen LogP contribution in [0.2, 0.25) is 0 Å². The molecule has 3 aromatic rings. The smallest absolute Gasteiger partial charge is 0.255 e. The largest absolute Gasteiger partial charge is 0.496 e. The lowest BCUT2D eigenvalue weighted by molar-refractivity contribution is 0.0865. The summed E-state index contributed by atoms with van der Waals surface area (Å²) in [6.07, 6.45) is 2.73. The molecule has 0 radical (unpaired) electrons. The maximum atomic E-state index is 12.9. The van der Waals surface area contributed by atoms with E-state index in [1.165, 1.54) is 0 Å². The molecule has 0 spiro atoms. The zero-order chi connectivity index (χ0) is 20.5. The van der Waals surface area contributed by atoms with E-state index in [0.29, 0.717) is 29.1 Å². The third-order valence-electron chi connectivity index (χ3n) is 5.61. The Morgan fingerprint density at radius 3 is 2.69 bits per heavy atom. The van der Waals surface area contributed by atoms with Gasteiger partial charge in [0.25, 0.3) is 5.91 Å². The Bertz CT molecular complexity index is 1050. The second kappa shape index (κ2) is 8.08. The van der Waals surface area contributed by atoms with E-state index in [2.05, 4.69) is 23.0 Å². The first kappa shape index (κ1) is 19.8. The van der Waals surface area contributed by atoms with E-state index in [4.69, 9.17) is 4.74 Å². The molecule has 1 amide bonds. The molecule has 1 aliphatic carbocycles. The van der Waals surface area contributed by atoms with Crippen LogP contribution in [-0.2, 0) is 7.05 Å². The predicted molar refractivity (Wildman–Crippen MR) is 116 cm³/mol. The fourth-order valence-corrected chi connectivity index (χ4v) is 4.30. The lowest BCUT2D eigenvalue weighted by atomic mass is 9.93. The number of aliphatic hydroxyl groups excluding tert-OH is 1. The van der Waals surface area contributed by atoms with Crippen LogP contribution in [0.3, 0.4) is 0 Å². The first-order valence-electron chi connectivity index (χ1n) is 9.80. The van der Waals surface area contributed by atoms with E-state index in [-0.39, 0.29) is 18.1 Å². The summed E-state index contributed by atoms with van der Waals surface area (Å²) in [7, 11) is 3.46. The van der Waals surface area contributed by atoms with Crippen LogP contribution in [0, 0.1) is 0 Å². The normalized spacial score (nSPS) is 19.3. The van der Waals surface area contributed by atoms with Crippen molar-refractivity contribution in [3.63, 3.8) is 0 Å². The summed E-state index contributed by atoms with van der Waals surface area (Å²) in [5.74, 6) is 0.303. The summed E-state index contributed by atoms with van der Waals surface area (Å²) >= 11 is 4.65. The van der Waals surface area contributed by atoms with Crippen molar-refractivity contribution in [2.24, 2.45) is 7.05 Å². The molecule has 1 aromatic heterocycles. The molecule has 4 rings (SSSR count). The van der Waals surface area contributed by atoms with E-state index in [9.17, 15) is 9.90 Å². The summed E-state index contributed by atoms with van der Waals surface area (Å²) in [6.45, 7) is 0. The maximum Gasteiger partial charge on any atom is 0.255 e. The summed E-state index contributed by atoms with van der Waals surface area (Å²) in [5.41, 5.74) is 3.10. The highest BCUT2D eigenvalue weighted by molar-refractivity contribution is 7.80. The number of rotatable bonds is 4. The molecule has 6 nitrogen and oxygen atoms in total. The van der Waals surface area contributed by atoms with Crippen molar-refractivity contribution in [2.75, 3.05) is 7.11 Å². The Balaban J connectivity index is 1.68. The van der Waals surface area contributed by atoms with Gasteiger partial charge in [-0.3, -0.25) is 9.48 Å². The number of thiol groups is 1. The average molecular weight is 412 g/mol. The number of ether oxygens (including phenoxy) is 1. The number of nitrogens with zero attached hydrogens (tertiary/aromatic N) is 2. The molecule has 1 saturated carbocycles. The molecule has 1 fully saturated rings. The van der Waals surface area contributed by atoms with E-state index in [1.54, 1.807) is 13.2 Å². The number of carbonyl (C=O) groups excluding carboxylic acids is 1. The minimum atomic E-state index is -0.255. The number of carbonyl (C=O) groups is 1. The Labute approximate surface area is 175 Å². The van der Waals surface area contributed by atoms with Gasteiger partial charge < -0.3 is 15.2 Å². The zero-order valence-electron chi connectivity index (χ0n) is 16.6. The number of benzene rings is 2. The van der Waals surface area contributed by atoms with Crippen molar-refractivity contribution in [1.82, 2.24) is 15.1 Å². The van der Waals surface area contributed by atoms with Gasteiger partial charge in [0.05, 0.1) is 24.3 Å². The Hall–Kier alpha value is -2.51. The molecule has 152 valence electrons. The van der Waals surface area contributed by atoms with Crippen molar-refractivity contribution in [2.45, 2.75) is 42.7 Å². The van der Waals surface area contributed by atoms with Gasteiger partial charge in [-0.2, -0.15) is 5.10 Å². The van der Waals surface area contributed by atoms with Crippen molar-refractivity contribution >= 4 is 29.4 Å². The van der Waals surface area contributed by atoms with Gasteiger partial charge in [-0.05, 0) is 43.9 Å². The molecule has 0 unspecified atom stereocenters. The van der Waals surface area contributed by atoms with E-state index < -0.39 is 0 Å². The Morgan fingerprint density at radius 1 is 1.24 bits per heavy atom. The number of amides is 1. The fraction of sp³-hybridized carbons (Fsp3) is 0.364. The molecular weight excluding hydrogens is 386 g/mol. The van der Waals surface area contributed by atoms with Crippen LogP contribution in [0.15, 0.2) is 41.3 Å². The lowest BCUT2D eigenvalue weighted by Gasteiger charge is -2.26. The van der Waals surface area contributed by atoms with Crippen LogP contribution >= 0.6 is 12.6 Å². The number of nitrogens with one attached hydrogen (secondary N) is 1. The van der Waals surface area contributed by atoms with Gasteiger partial charge in [-0.25, -0.2) is 0 Å². The maximum absolute atomic E-state index is 12.9. The number of para-hydroxylation sites is 1. The molecule has 0 saturated heterocycles. The Kier molecular flexibility index (Phi) is 5.52. The van der Waals surface area contributed by atoms with E-state index in [1.807, 2.05) is 42.1 Å². The van der Waals surface area contributed by atoms with E-state index >= 15 is 0 Å². The SMILES string of the molecule is COc1cc(-c2nn(C)c3ccccc23)c(S)cc1C(=O)NC1CCC(O)CC1. The summed E-state index contributed by atoms with van der Waals surface area (Å²) in [6, 6.07) is 11.6. The third kappa shape index (κ3) is 3.84. The Morgan fingerprint density at radius 2 is 1.97 bits per heavy atom. The number of hydrogen-bond acceptors (Lipinski definition) is 5. The highest BCUT2D eigenvalue weighted by Gasteiger charge is 2.24. The third-order valence-corrected chi connectivity index (χ3v) is 5.98. The zero-order valence-corrected chi connectivity index (χ0v) is 17.4. The van der Waals surface area contributed by atoms with Gasteiger partial charge in [-0.15, -0.1) is 12.6 Å². The second-order valence-electron chi connectivity index (χ2n) is 7.54. The van der Waals surface area contributed by atoms with Crippen LogP contribution in [0.1, 0.15) is 36.0 Å². The van der Waals surface area contributed by atoms with Crippen LogP contribution in [0.4, 0.5) is 0 Å². The monoisotopic (exact) mass is 411 g/mol. The molecule has 2 N–H and O–H groups in total. The molecule has 2 aromatic carbocycles. The molecule has 0 aliphatic heterocycles. The molecule has 0 atom stereocenters. The minimum absolute atomic E-state index is 0.0679. The number of aliphatic hydroxyl groups is 1. The first-order valence-corrected chi connectivity index (χ1v) is 10.2. The summed E-state index contributed by atoms with van der Waals surface area (Å²) in [4.78, 5) is 13.5. The topological polar surface area (TPSA) is 76.4 Å². The van der Waals surface area contributed by atoms with Gasteiger partial charge in [0.15, 0.2) is 0 Å². The first-order chi connectivity index (χ1) is 14.0. The molecule has 1 aliphatic rings. The summed E-state index contributed by atoms with van der Waals surface area (Å²) < 4.78 is 7.38. The highest BCUT2D eigenvalue weighted by Crippen LogP contribution is 2.36. The molecule has 29 heavy (non-hydrogen) atoms. The molecular formula is C22H25N3O3S. The second-order valence-corrected chi connectivity index (χ2v) is 8.02. The van der Waals surface area contributed by atoms with Crippen molar-refractivity contribution in [3.05, 3.63) is 42.0 Å². The molecule has 1 heterocycles. The van der Waals surface area contributed by atoms with Crippen LogP contribution in [0.25, 0.3) is 22.2 Å². The van der Waals surface area contributed by atoms with Gasteiger partial charge >= 0.3 is 0 Å². The average Bonchev–Trinajstić information content (AvgIpc) is 3.06. The van der Waals surface area contributed by atoms with Crippen LogP contribution < -0.4 is 10.1 Å². The van der Waals surface area contributed by atoms with Gasteiger partial charge in [-0.1, -0.05) is 18.2 Å². The van der Waals surface area contributed by atoms with Crippen molar-refractivity contribution in [3.8, 4) is 17.0 Å². The summed E-state index contributed by atoms with van der Waals surface area (Å²) in [5, 5.41) is 18.4.